The van der Waals surface area contributed by atoms with Crippen molar-refractivity contribution in [3.05, 3.63) is 46.8 Å². The highest BCUT2D eigenvalue weighted by Gasteiger charge is 2.17. The highest BCUT2D eigenvalue weighted by atomic mass is 16.5. The van der Waals surface area contributed by atoms with Crippen LogP contribution in [0.2, 0.25) is 0 Å². The Morgan fingerprint density at radius 3 is 1.80 bits per heavy atom. The molecule has 3 rings (SSSR count). The molecule has 44 heavy (non-hydrogen) atoms. The summed E-state index contributed by atoms with van der Waals surface area (Å²) in [5.41, 5.74) is 3.51. The number of hydrogen-bond donors (Lipinski definition) is 1. The third-order valence-electron chi connectivity index (χ3n) is 6.74. The van der Waals surface area contributed by atoms with Gasteiger partial charge >= 0.3 is 11.9 Å². The lowest BCUT2D eigenvalue weighted by atomic mass is 9.97. The summed E-state index contributed by atoms with van der Waals surface area (Å²) in [7, 11) is 0. The monoisotopic (exact) mass is 612 g/mol. The van der Waals surface area contributed by atoms with Crippen LogP contribution in [0.15, 0.2) is 18.6 Å². The van der Waals surface area contributed by atoms with Gasteiger partial charge in [0.2, 0.25) is 0 Å². The molecule has 3 heterocycles. The summed E-state index contributed by atoms with van der Waals surface area (Å²) < 4.78 is 22.2. The van der Waals surface area contributed by atoms with Crippen molar-refractivity contribution in [3.8, 4) is 5.75 Å². The molecule has 242 valence electrons. The number of carbonyl (C=O) groups is 2. The number of ether oxygens (including phenoxy) is 2. The Morgan fingerprint density at radius 1 is 0.818 bits per heavy atom. The maximum Gasteiger partial charge on any atom is 0.306 e. The molecular formula is C32H49N7O5. The molecule has 3 aromatic heterocycles. The molecule has 3 aromatic rings. The van der Waals surface area contributed by atoms with E-state index in [9.17, 15) is 9.59 Å². The number of pyridine rings is 1. The molecule has 0 bridgehead atoms. The minimum Gasteiger partial charge on any atom is -0.506 e. The first kappa shape index (κ1) is 33.1. The molecule has 0 atom stereocenters. The average Bonchev–Trinajstić information content (AvgIpc) is 3.58. The molecule has 0 fully saturated rings. The molecule has 0 spiro atoms. The van der Waals surface area contributed by atoms with E-state index in [-0.39, 0.29) is 54.6 Å². The number of aromatic hydroxyl groups is 1. The fourth-order valence-corrected chi connectivity index (χ4v) is 4.60. The van der Waals surface area contributed by atoms with Gasteiger partial charge in [-0.1, -0.05) is 52.0 Å². The molecule has 0 amide bonds. The first-order valence-corrected chi connectivity index (χ1v) is 15.4. The van der Waals surface area contributed by atoms with E-state index in [0.717, 1.165) is 50.2 Å². The van der Waals surface area contributed by atoms with Crippen molar-refractivity contribution in [1.29, 1.82) is 1.43 Å². The van der Waals surface area contributed by atoms with Gasteiger partial charge in [-0.15, -0.1) is 10.2 Å². The first-order valence-electron chi connectivity index (χ1n) is 15.8. The number of esters is 2. The highest BCUT2D eigenvalue weighted by molar-refractivity contribution is 5.70. The number of nitrogens with zero attached hydrogens (tertiary/aromatic N) is 7. The van der Waals surface area contributed by atoms with E-state index in [1.54, 1.807) is 13.1 Å². The van der Waals surface area contributed by atoms with Gasteiger partial charge in [-0.25, -0.2) is 0 Å². The largest absolute Gasteiger partial charge is 0.506 e. The van der Waals surface area contributed by atoms with Crippen LogP contribution >= 0.6 is 0 Å². The van der Waals surface area contributed by atoms with Gasteiger partial charge < -0.3 is 14.6 Å². The number of carbonyl (C=O) groups excluding carboxylic acids is 2. The first-order chi connectivity index (χ1) is 21.2. The zero-order valence-electron chi connectivity index (χ0n) is 28.4. The lowest BCUT2D eigenvalue weighted by Crippen LogP contribution is -2.15. The molecule has 0 aromatic carbocycles. The number of unbranched alkanes of at least 4 members (excludes halogenated alkanes) is 2. The van der Waals surface area contributed by atoms with Crippen LogP contribution in [0.5, 0.6) is 5.75 Å². The third kappa shape index (κ3) is 12.4. The van der Waals surface area contributed by atoms with E-state index in [1.807, 2.05) is 21.8 Å². The molecule has 0 aliphatic rings. The average molecular weight is 613 g/mol. The van der Waals surface area contributed by atoms with Crippen LogP contribution in [-0.2, 0) is 58.2 Å². The predicted octanol–water partition coefficient (Wildman–Crippen LogP) is 5.28. The Morgan fingerprint density at radius 2 is 1.32 bits per heavy atom. The molecule has 0 saturated carbocycles. The maximum absolute atomic E-state index is 12.5. The fourth-order valence-electron chi connectivity index (χ4n) is 4.60. The summed E-state index contributed by atoms with van der Waals surface area (Å²) in [6.45, 7) is 16.0. The Bertz CT molecular complexity index is 1390. The van der Waals surface area contributed by atoms with E-state index in [0.29, 0.717) is 29.7 Å². The van der Waals surface area contributed by atoms with Gasteiger partial charge in [0.05, 0.1) is 17.1 Å². The minimum absolute atomic E-state index is 0.0631. The molecule has 0 aliphatic heterocycles. The second kappa shape index (κ2) is 15.8. The fraction of sp³-hybridized carbons (Fsp3) is 0.656. The molecule has 0 unspecified atom stereocenters. The lowest BCUT2D eigenvalue weighted by molar-refractivity contribution is -0.146. The standard InChI is InChI=1S/C32H49N7O5/c1-23-30(42)27(20-44-29(41)15-11-9-13-26-18-39(37-35-26)22-32(5,6)7)24(16-33-23)19-43-28(40)14-10-8-12-25-17-38(36-34-25)21-31(2,3)4/h16-18,42H,8-15,19-22H2,1-7H3/i/hD. The topological polar surface area (TPSA) is 147 Å². The molecular weight excluding hydrogens is 562 g/mol. The zero-order chi connectivity index (χ0) is 33.0. The second-order valence-electron chi connectivity index (χ2n) is 13.8. The van der Waals surface area contributed by atoms with E-state index >= 15 is 0 Å². The molecule has 1 N–H and O–H groups in total. The van der Waals surface area contributed by atoms with Gasteiger partial charge in [-0.2, -0.15) is 0 Å². The Hall–Kier alpha value is -3.83. The van der Waals surface area contributed by atoms with Crippen molar-refractivity contribution >= 4 is 11.9 Å². The van der Waals surface area contributed by atoms with Gasteiger partial charge in [-0.3, -0.25) is 23.9 Å². The minimum atomic E-state index is -0.363. The van der Waals surface area contributed by atoms with Crippen LogP contribution in [0.25, 0.3) is 0 Å². The Balaban J connectivity index is 1.41. The van der Waals surface area contributed by atoms with E-state index in [1.165, 1.54) is 0 Å². The zero-order valence-corrected chi connectivity index (χ0v) is 27.4. The van der Waals surface area contributed by atoms with Crippen molar-refractivity contribution in [3.63, 3.8) is 0 Å². The quantitative estimate of drug-likeness (QED) is 0.158. The summed E-state index contributed by atoms with van der Waals surface area (Å²) in [5, 5.41) is 21.6. The molecule has 0 saturated heterocycles. The molecule has 12 nitrogen and oxygen atoms in total. The van der Waals surface area contributed by atoms with Crippen molar-refractivity contribution in [2.24, 2.45) is 10.8 Å². The van der Waals surface area contributed by atoms with Crippen LogP contribution in [0.4, 0.5) is 0 Å². The SMILES string of the molecule is [2H]Oc1c(C)ncc(COC(=O)CCCCc2cn(CC(C)(C)C)nn2)c1COC(=O)CCCCc1cn(CC(C)(C)C)nn1. The van der Waals surface area contributed by atoms with E-state index in [4.69, 9.17) is 16.0 Å². The Labute approximate surface area is 262 Å². The van der Waals surface area contributed by atoms with Crippen LogP contribution < -0.4 is 0 Å². The number of rotatable bonds is 17. The summed E-state index contributed by atoms with van der Waals surface area (Å²) in [5.74, 6) is -0.519. The third-order valence-corrected chi connectivity index (χ3v) is 6.74. The number of aryl methyl sites for hydroxylation is 3. The van der Waals surface area contributed by atoms with Crippen molar-refractivity contribution in [1.82, 2.24) is 35.0 Å². The van der Waals surface area contributed by atoms with E-state index in [2.05, 4.69) is 67.2 Å². The van der Waals surface area contributed by atoms with Crippen LogP contribution in [0.1, 0.15) is 108 Å². The molecule has 12 heteroatoms. The van der Waals surface area contributed by atoms with E-state index < -0.39 is 0 Å². The maximum atomic E-state index is 12.5. The van der Waals surface area contributed by atoms with Crippen LogP contribution in [-0.4, -0.2) is 53.5 Å². The smallest absolute Gasteiger partial charge is 0.306 e. The van der Waals surface area contributed by atoms with Gasteiger partial charge in [0.25, 0.3) is 1.43 Å². The summed E-state index contributed by atoms with van der Waals surface area (Å²) in [6.07, 6.45) is 10.3. The normalized spacial score (nSPS) is 12.2. The summed E-state index contributed by atoms with van der Waals surface area (Å²) in [6, 6.07) is 0. The summed E-state index contributed by atoms with van der Waals surface area (Å²) >= 11 is 0. The Kier molecular flexibility index (Phi) is 11.8. The number of aromatic nitrogens is 7. The van der Waals surface area contributed by atoms with Crippen molar-refractivity contribution in [2.45, 2.75) is 126 Å². The van der Waals surface area contributed by atoms with Gasteiger partial charge in [-0.05, 0) is 56.3 Å². The van der Waals surface area contributed by atoms with Gasteiger partial charge in [0.15, 0.2) is 0 Å². The van der Waals surface area contributed by atoms with Gasteiger partial charge in [0, 0.05) is 55.6 Å². The van der Waals surface area contributed by atoms with Gasteiger partial charge in [0.1, 0.15) is 19.0 Å². The highest BCUT2D eigenvalue weighted by Crippen LogP contribution is 2.26. The second-order valence-corrected chi connectivity index (χ2v) is 13.8. The van der Waals surface area contributed by atoms with Crippen molar-refractivity contribution in [2.75, 3.05) is 0 Å². The summed E-state index contributed by atoms with van der Waals surface area (Å²) in [4.78, 5) is 29.2. The van der Waals surface area contributed by atoms with Crippen molar-refractivity contribution < 1.29 is 24.2 Å². The van der Waals surface area contributed by atoms with Crippen LogP contribution in [0, 0.1) is 17.8 Å². The predicted molar refractivity (Wildman–Crippen MR) is 164 cm³/mol. The number of hydrogen-bond acceptors (Lipinski definition) is 10. The van der Waals surface area contributed by atoms with Crippen LogP contribution in [0.3, 0.4) is 0 Å². The molecule has 0 aliphatic carbocycles. The molecule has 0 radical (unpaired) electrons. The lowest BCUT2D eigenvalue weighted by Gasteiger charge is -2.16.